The van der Waals surface area contributed by atoms with Gasteiger partial charge in [0.2, 0.25) is 0 Å². The minimum atomic E-state index is -0.466. The zero-order chi connectivity index (χ0) is 13.7. The zero-order valence-electron chi connectivity index (χ0n) is 10.9. The van der Waals surface area contributed by atoms with Gasteiger partial charge in [0.25, 0.3) is 0 Å². The molecular weight excluding hydrogens is 337 g/mol. The van der Waals surface area contributed by atoms with E-state index in [4.69, 9.17) is 15.2 Å². The van der Waals surface area contributed by atoms with Gasteiger partial charge < -0.3 is 19.9 Å². The average molecular weight is 355 g/mol. The van der Waals surface area contributed by atoms with Gasteiger partial charge in [0, 0.05) is 10.5 Å². The van der Waals surface area contributed by atoms with E-state index in [0.717, 1.165) is 10.0 Å². The van der Waals surface area contributed by atoms with Crippen LogP contribution in [-0.2, 0) is 9.53 Å². The molecule has 1 aromatic carbocycles. The van der Waals surface area contributed by atoms with Crippen molar-refractivity contribution < 1.29 is 19.0 Å². The summed E-state index contributed by atoms with van der Waals surface area (Å²) in [6, 6.07) is 3.04. The third kappa shape index (κ3) is 4.56. The Morgan fingerprint density at radius 3 is 2.26 bits per heavy atom. The maximum absolute atomic E-state index is 11.2. The smallest absolute Gasteiger partial charge is 0.307 e. The summed E-state index contributed by atoms with van der Waals surface area (Å²) in [6.45, 7) is 0. The highest BCUT2D eigenvalue weighted by atomic mass is 79.9. The molecule has 7 heteroatoms. The number of methoxy groups -OCH3 is 3. The van der Waals surface area contributed by atoms with Crippen LogP contribution in [0.5, 0.6) is 11.5 Å². The second-order valence-corrected chi connectivity index (χ2v) is 4.47. The summed E-state index contributed by atoms with van der Waals surface area (Å²) in [4.78, 5) is 11.2. The van der Waals surface area contributed by atoms with Gasteiger partial charge in [-0.05, 0) is 17.7 Å². The molecule has 0 unspecified atom stereocenters. The van der Waals surface area contributed by atoms with Crippen LogP contribution in [0.1, 0.15) is 18.0 Å². The molecule has 1 rings (SSSR count). The molecule has 2 N–H and O–H groups in total. The van der Waals surface area contributed by atoms with E-state index in [1.807, 2.05) is 0 Å². The molecule has 0 fully saturated rings. The Balaban J connectivity index is 0.00000324. The summed E-state index contributed by atoms with van der Waals surface area (Å²) in [5.74, 6) is 0.804. The fourth-order valence-electron chi connectivity index (χ4n) is 1.53. The van der Waals surface area contributed by atoms with E-state index < -0.39 is 6.04 Å². The van der Waals surface area contributed by atoms with E-state index in [9.17, 15) is 4.79 Å². The first-order valence-electron chi connectivity index (χ1n) is 5.27. The highest BCUT2D eigenvalue weighted by Gasteiger charge is 2.18. The lowest BCUT2D eigenvalue weighted by Crippen LogP contribution is -2.17. The normalized spacial score (nSPS) is 11.2. The van der Waals surface area contributed by atoms with Crippen LogP contribution in [0.3, 0.4) is 0 Å². The molecule has 0 aliphatic heterocycles. The first-order chi connectivity index (χ1) is 8.53. The lowest BCUT2D eigenvalue weighted by molar-refractivity contribution is -0.141. The molecule has 0 aliphatic carbocycles. The number of esters is 1. The van der Waals surface area contributed by atoms with Crippen molar-refractivity contribution >= 4 is 34.3 Å². The average Bonchev–Trinajstić information content (AvgIpc) is 2.37. The van der Waals surface area contributed by atoms with E-state index in [1.54, 1.807) is 26.4 Å². The van der Waals surface area contributed by atoms with Crippen LogP contribution in [0.25, 0.3) is 0 Å². The molecule has 0 saturated carbocycles. The van der Waals surface area contributed by atoms with E-state index >= 15 is 0 Å². The van der Waals surface area contributed by atoms with Crippen molar-refractivity contribution in [3.05, 3.63) is 22.2 Å². The molecule has 0 heterocycles. The summed E-state index contributed by atoms with van der Waals surface area (Å²) < 4.78 is 15.7. The van der Waals surface area contributed by atoms with Gasteiger partial charge in [-0.15, -0.1) is 12.4 Å². The number of rotatable bonds is 5. The molecule has 0 aromatic heterocycles. The molecule has 0 saturated heterocycles. The van der Waals surface area contributed by atoms with Gasteiger partial charge in [-0.25, -0.2) is 0 Å². The topological polar surface area (TPSA) is 70.8 Å². The number of halogens is 2. The Morgan fingerprint density at radius 2 is 1.79 bits per heavy atom. The van der Waals surface area contributed by atoms with E-state index in [0.29, 0.717) is 11.5 Å². The third-order valence-electron chi connectivity index (χ3n) is 2.52. The first-order valence-corrected chi connectivity index (χ1v) is 6.06. The third-order valence-corrected chi connectivity index (χ3v) is 3.20. The summed E-state index contributed by atoms with van der Waals surface area (Å²) in [5.41, 5.74) is 6.72. The Bertz CT molecular complexity index is 442. The van der Waals surface area contributed by atoms with Gasteiger partial charge >= 0.3 is 5.97 Å². The monoisotopic (exact) mass is 353 g/mol. The molecule has 0 bridgehead atoms. The lowest BCUT2D eigenvalue weighted by atomic mass is 10.0. The van der Waals surface area contributed by atoms with Gasteiger partial charge in [0.1, 0.15) is 0 Å². The van der Waals surface area contributed by atoms with Crippen LogP contribution in [0.15, 0.2) is 16.6 Å². The summed E-state index contributed by atoms with van der Waals surface area (Å²) in [5, 5.41) is 0. The molecule has 1 atom stereocenters. The predicted octanol–water partition coefficient (Wildman–Crippen LogP) is 2.45. The van der Waals surface area contributed by atoms with Gasteiger partial charge in [0.15, 0.2) is 11.5 Å². The Hall–Kier alpha value is -0.980. The minimum Gasteiger partial charge on any atom is -0.493 e. The van der Waals surface area contributed by atoms with E-state index in [-0.39, 0.29) is 24.8 Å². The molecule has 0 aliphatic rings. The largest absolute Gasteiger partial charge is 0.493 e. The number of hydrogen-bond donors (Lipinski definition) is 1. The van der Waals surface area contributed by atoms with Crippen LogP contribution in [0.4, 0.5) is 0 Å². The second-order valence-electron chi connectivity index (χ2n) is 3.62. The Morgan fingerprint density at radius 1 is 1.26 bits per heavy atom. The second kappa shape index (κ2) is 8.24. The molecule has 1 aromatic rings. The summed E-state index contributed by atoms with van der Waals surface area (Å²) in [7, 11) is 4.43. The van der Waals surface area contributed by atoms with Crippen LogP contribution in [-0.4, -0.2) is 27.3 Å². The van der Waals surface area contributed by atoms with Crippen LogP contribution in [0.2, 0.25) is 0 Å². The quantitative estimate of drug-likeness (QED) is 0.822. The van der Waals surface area contributed by atoms with Gasteiger partial charge in [0.05, 0.1) is 27.8 Å². The van der Waals surface area contributed by atoms with Gasteiger partial charge in [-0.3, -0.25) is 4.79 Å². The van der Waals surface area contributed by atoms with Crippen LogP contribution < -0.4 is 15.2 Å². The van der Waals surface area contributed by atoms with E-state index in [1.165, 1.54) is 7.11 Å². The van der Waals surface area contributed by atoms with Crippen molar-refractivity contribution in [2.75, 3.05) is 21.3 Å². The molecule has 0 amide bonds. The fourth-order valence-corrected chi connectivity index (χ4v) is 2.14. The number of carbonyl (C=O) groups is 1. The number of nitrogens with two attached hydrogens (primary N) is 1. The number of benzene rings is 1. The minimum absolute atomic E-state index is 0. The van der Waals surface area contributed by atoms with Crippen molar-refractivity contribution in [2.24, 2.45) is 5.73 Å². The Labute approximate surface area is 126 Å². The van der Waals surface area contributed by atoms with Crippen molar-refractivity contribution in [1.82, 2.24) is 0 Å². The molecule has 108 valence electrons. The highest BCUT2D eigenvalue weighted by Crippen LogP contribution is 2.36. The summed E-state index contributed by atoms with van der Waals surface area (Å²) >= 11 is 3.40. The number of ether oxygens (including phenoxy) is 3. The SMILES string of the molecule is COC(=O)C[C@H](N)c1cc(OC)c(OC)cc1Br.Cl. The van der Waals surface area contributed by atoms with Crippen molar-refractivity contribution in [1.29, 1.82) is 0 Å². The van der Waals surface area contributed by atoms with Crippen molar-refractivity contribution in [2.45, 2.75) is 12.5 Å². The lowest BCUT2D eigenvalue weighted by Gasteiger charge is -2.16. The molecular formula is C12H17BrClNO4. The fraction of sp³-hybridized carbons (Fsp3) is 0.417. The van der Waals surface area contributed by atoms with Crippen molar-refractivity contribution in [3.63, 3.8) is 0 Å². The number of carbonyl (C=O) groups excluding carboxylic acids is 1. The van der Waals surface area contributed by atoms with Crippen LogP contribution >= 0.6 is 28.3 Å². The molecule has 0 radical (unpaired) electrons. The van der Waals surface area contributed by atoms with Crippen LogP contribution in [0, 0.1) is 0 Å². The maximum Gasteiger partial charge on any atom is 0.307 e. The maximum atomic E-state index is 11.2. The van der Waals surface area contributed by atoms with E-state index in [2.05, 4.69) is 20.7 Å². The Kier molecular flexibility index (Phi) is 7.82. The number of hydrogen-bond acceptors (Lipinski definition) is 5. The molecule has 5 nitrogen and oxygen atoms in total. The van der Waals surface area contributed by atoms with Gasteiger partial charge in [-0.1, -0.05) is 15.9 Å². The standard InChI is InChI=1S/C12H16BrNO4.ClH/c1-16-10-4-7(8(13)5-11(10)17-2)9(14)6-12(15)18-3;/h4-5,9H,6,14H2,1-3H3;1H/t9-;/m0./s1. The van der Waals surface area contributed by atoms with Gasteiger partial charge in [-0.2, -0.15) is 0 Å². The highest BCUT2D eigenvalue weighted by molar-refractivity contribution is 9.10. The molecule has 0 spiro atoms. The zero-order valence-corrected chi connectivity index (χ0v) is 13.3. The van der Waals surface area contributed by atoms with Crippen molar-refractivity contribution in [3.8, 4) is 11.5 Å². The first kappa shape index (κ1) is 18.0. The predicted molar refractivity (Wildman–Crippen MR) is 78.1 cm³/mol. The summed E-state index contributed by atoms with van der Waals surface area (Å²) in [6.07, 6.45) is 0.102. The molecule has 19 heavy (non-hydrogen) atoms.